The lowest BCUT2D eigenvalue weighted by molar-refractivity contribution is 0.942. The Balaban J connectivity index is 1.46. The maximum atomic E-state index is 5.91. The largest absolute Gasteiger partial charge is 0.370 e. The molecule has 26 heavy (non-hydrogen) atoms. The summed E-state index contributed by atoms with van der Waals surface area (Å²) in [5, 5.41) is 7.50. The minimum Gasteiger partial charge on any atom is -0.370 e. The first-order valence-corrected chi connectivity index (χ1v) is 9.17. The van der Waals surface area contributed by atoms with Crippen molar-refractivity contribution in [2.45, 2.75) is 19.8 Å². The number of halogens is 1. The molecule has 0 amide bonds. The number of hydrogen-bond donors (Lipinski definition) is 2. The van der Waals surface area contributed by atoms with E-state index >= 15 is 0 Å². The molecule has 0 aliphatic heterocycles. The van der Waals surface area contributed by atoms with Crippen LogP contribution in [0.25, 0.3) is 0 Å². The van der Waals surface area contributed by atoms with Gasteiger partial charge in [0.25, 0.3) is 0 Å². The van der Waals surface area contributed by atoms with Gasteiger partial charge in [0, 0.05) is 36.4 Å². The van der Waals surface area contributed by atoms with Gasteiger partial charge in [0.05, 0.1) is 0 Å². The highest BCUT2D eigenvalue weighted by Gasteiger charge is 2.00. The lowest BCUT2D eigenvalue weighted by Crippen LogP contribution is -2.10. The molecule has 2 N–H and O–H groups in total. The highest BCUT2D eigenvalue weighted by molar-refractivity contribution is 6.30. The molecule has 1 aromatic carbocycles. The molecule has 0 spiro atoms. The van der Waals surface area contributed by atoms with Crippen molar-refractivity contribution in [1.29, 1.82) is 0 Å². The number of benzene rings is 1. The summed E-state index contributed by atoms with van der Waals surface area (Å²) in [5.74, 6) is 1.81. The molecule has 2 heterocycles. The molecule has 3 rings (SSSR count). The third-order valence-corrected chi connectivity index (χ3v) is 4.29. The van der Waals surface area contributed by atoms with Crippen molar-refractivity contribution in [3.8, 4) is 0 Å². The lowest BCUT2D eigenvalue weighted by atomic mass is 10.1. The SMILES string of the molecule is Cc1ccnc(NCCc2cccc(NCCc3ccc(Cl)cc3)n2)c1. The number of pyridine rings is 2. The number of nitrogens with one attached hydrogen (secondary N) is 2. The Morgan fingerprint density at radius 3 is 2.46 bits per heavy atom. The monoisotopic (exact) mass is 366 g/mol. The van der Waals surface area contributed by atoms with Crippen LogP contribution in [0.2, 0.25) is 5.02 Å². The molecule has 134 valence electrons. The average Bonchev–Trinajstić information content (AvgIpc) is 2.64. The van der Waals surface area contributed by atoms with Crippen molar-refractivity contribution in [3.63, 3.8) is 0 Å². The molecule has 4 nitrogen and oxygen atoms in total. The number of anilines is 2. The zero-order valence-electron chi connectivity index (χ0n) is 14.9. The smallest absolute Gasteiger partial charge is 0.126 e. The van der Waals surface area contributed by atoms with E-state index in [1.54, 1.807) is 0 Å². The summed E-state index contributed by atoms with van der Waals surface area (Å²) in [7, 11) is 0. The number of nitrogens with zero attached hydrogens (tertiary/aromatic N) is 2. The Bertz CT molecular complexity index is 833. The Hall–Kier alpha value is -2.59. The van der Waals surface area contributed by atoms with Crippen molar-refractivity contribution in [2.24, 2.45) is 0 Å². The highest BCUT2D eigenvalue weighted by Crippen LogP contribution is 2.11. The summed E-state index contributed by atoms with van der Waals surface area (Å²) < 4.78 is 0. The second-order valence-electron chi connectivity index (χ2n) is 6.21. The van der Waals surface area contributed by atoms with Crippen LogP contribution in [0.3, 0.4) is 0 Å². The van der Waals surface area contributed by atoms with Crippen LogP contribution >= 0.6 is 11.6 Å². The van der Waals surface area contributed by atoms with E-state index in [0.29, 0.717) is 0 Å². The molecule has 0 bridgehead atoms. The number of hydrogen-bond acceptors (Lipinski definition) is 4. The Morgan fingerprint density at radius 1 is 0.885 bits per heavy atom. The van der Waals surface area contributed by atoms with Crippen LogP contribution in [0.5, 0.6) is 0 Å². The van der Waals surface area contributed by atoms with Crippen molar-refractivity contribution in [2.75, 3.05) is 23.7 Å². The van der Waals surface area contributed by atoms with Gasteiger partial charge in [-0.05, 0) is 60.9 Å². The summed E-state index contributed by atoms with van der Waals surface area (Å²) in [6.07, 6.45) is 3.60. The zero-order chi connectivity index (χ0) is 18.2. The number of aryl methyl sites for hydroxylation is 1. The fourth-order valence-corrected chi connectivity index (χ4v) is 2.78. The predicted octanol–water partition coefficient (Wildman–Crippen LogP) is 4.75. The fraction of sp³-hybridized carbons (Fsp3) is 0.238. The number of rotatable bonds is 8. The van der Waals surface area contributed by atoms with Gasteiger partial charge in [0.15, 0.2) is 0 Å². The molecular weight excluding hydrogens is 344 g/mol. The van der Waals surface area contributed by atoms with E-state index in [9.17, 15) is 0 Å². The van der Waals surface area contributed by atoms with Crippen LogP contribution in [0.1, 0.15) is 16.8 Å². The molecule has 0 aliphatic carbocycles. The minimum absolute atomic E-state index is 0.769. The van der Waals surface area contributed by atoms with Crippen molar-refractivity contribution >= 4 is 23.2 Å². The van der Waals surface area contributed by atoms with E-state index in [0.717, 1.165) is 48.3 Å². The van der Waals surface area contributed by atoms with Gasteiger partial charge in [-0.1, -0.05) is 29.8 Å². The van der Waals surface area contributed by atoms with Crippen LogP contribution in [0.15, 0.2) is 60.8 Å². The van der Waals surface area contributed by atoms with Crippen molar-refractivity contribution in [3.05, 3.63) is 82.6 Å². The zero-order valence-corrected chi connectivity index (χ0v) is 15.6. The van der Waals surface area contributed by atoms with E-state index in [-0.39, 0.29) is 0 Å². The van der Waals surface area contributed by atoms with Gasteiger partial charge in [-0.25, -0.2) is 9.97 Å². The molecule has 3 aromatic rings. The summed E-state index contributed by atoms with van der Waals surface area (Å²) >= 11 is 5.91. The third-order valence-electron chi connectivity index (χ3n) is 4.04. The van der Waals surface area contributed by atoms with Crippen LogP contribution in [0.4, 0.5) is 11.6 Å². The second-order valence-corrected chi connectivity index (χ2v) is 6.65. The van der Waals surface area contributed by atoms with E-state index in [1.165, 1.54) is 11.1 Å². The average molecular weight is 367 g/mol. The standard InChI is InChI=1S/C21H23ClN4/c1-16-9-12-24-21(15-16)25-14-11-19-3-2-4-20(26-19)23-13-10-17-5-7-18(22)8-6-17/h2-9,12,15H,10-11,13-14H2,1H3,(H,23,26)(H,24,25). The summed E-state index contributed by atoms with van der Waals surface area (Å²) in [5.41, 5.74) is 3.52. The Kier molecular flexibility index (Phi) is 6.45. The van der Waals surface area contributed by atoms with E-state index in [2.05, 4.69) is 45.7 Å². The van der Waals surface area contributed by atoms with Crippen LogP contribution in [-0.2, 0) is 12.8 Å². The topological polar surface area (TPSA) is 49.8 Å². The maximum absolute atomic E-state index is 5.91. The van der Waals surface area contributed by atoms with Crippen LogP contribution in [-0.4, -0.2) is 23.1 Å². The van der Waals surface area contributed by atoms with Gasteiger partial charge in [0.2, 0.25) is 0 Å². The van der Waals surface area contributed by atoms with Gasteiger partial charge in [0.1, 0.15) is 11.6 Å². The predicted molar refractivity (Wildman–Crippen MR) is 109 cm³/mol. The van der Waals surface area contributed by atoms with E-state index < -0.39 is 0 Å². The molecule has 2 aromatic heterocycles. The molecule has 5 heteroatoms. The molecule has 0 aliphatic rings. The Morgan fingerprint density at radius 2 is 1.65 bits per heavy atom. The van der Waals surface area contributed by atoms with Gasteiger partial charge in [-0.15, -0.1) is 0 Å². The van der Waals surface area contributed by atoms with Crippen molar-refractivity contribution in [1.82, 2.24) is 9.97 Å². The molecular formula is C21H23ClN4. The first-order chi connectivity index (χ1) is 12.7. The maximum Gasteiger partial charge on any atom is 0.126 e. The van der Waals surface area contributed by atoms with Crippen LogP contribution < -0.4 is 10.6 Å². The first kappa shape index (κ1) is 18.2. The van der Waals surface area contributed by atoms with Crippen molar-refractivity contribution < 1.29 is 0 Å². The first-order valence-electron chi connectivity index (χ1n) is 8.80. The van der Waals surface area contributed by atoms with E-state index in [4.69, 9.17) is 11.6 Å². The summed E-state index contributed by atoms with van der Waals surface area (Å²) in [6.45, 7) is 3.70. The van der Waals surface area contributed by atoms with Gasteiger partial charge >= 0.3 is 0 Å². The number of aromatic nitrogens is 2. The third kappa shape index (κ3) is 5.74. The van der Waals surface area contributed by atoms with Gasteiger partial charge in [-0.3, -0.25) is 0 Å². The molecule has 0 atom stereocenters. The molecule has 0 fully saturated rings. The summed E-state index contributed by atoms with van der Waals surface area (Å²) in [4.78, 5) is 8.99. The normalized spacial score (nSPS) is 10.5. The molecule has 0 unspecified atom stereocenters. The summed E-state index contributed by atoms with van der Waals surface area (Å²) in [6, 6.07) is 18.1. The minimum atomic E-state index is 0.769. The van der Waals surface area contributed by atoms with E-state index in [1.807, 2.05) is 42.6 Å². The lowest BCUT2D eigenvalue weighted by Gasteiger charge is -2.09. The second kappa shape index (κ2) is 9.20. The quantitative estimate of drug-likeness (QED) is 0.604. The molecule has 0 saturated carbocycles. The molecule has 0 radical (unpaired) electrons. The molecule has 0 saturated heterocycles. The van der Waals surface area contributed by atoms with Gasteiger partial charge < -0.3 is 10.6 Å². The fourth-order valence-electron chi connectivity index (χ4n) is 2.65. The van der Waals surface area contributed by atoms with Crippen LogP contribution in [0, 0.1) is 6.92 Å². The Labute approximate surface area is 159 Å². The highest BCUT2D eigenvalue weighted by atomic mass is 35.5. The van der Waals surface area contributed by atoms with Gasteiger partial charge in [-0.2, -0.15) is 0 Å².